The summed E-state index contributed by atoms with van der Waals surface area (Å²) in [4.78, 5) is 25.1. The quantitative estimate of drug-likeness (QED) is 0.621. The van der Waals surface area contributed by atoms with Gasteiger partial charge in [-0.2, -0.15) is 4.31 Å². The molecule has 33 heavy (non-hydrogen) atoms. The Labute approximate surface area is 193 Å². The number of hydrogen-bond acceptors (Lipinski definition) is 5. The highest BCUT2D eigenvalue weighted by Gasteiger charge is 2.52. The minimum atomic E-state index is -3.80. The van der Waals surface area contributed by atoms with Crippen molar-refractivity contribution < 1.29 is 27.1 Å². The second-order valence-electron chi connectivity index (χ2n) is 8.53. The van der Waals surface area contributed by atoms with Crippen LogP contribution in [-0.2, 0) is 29.8 Å². The van der Waals surface area contributed by atoms with Crippen LogP contribution in [0, 0.1) is 11.7 Å². The van der Waals surface area contributed by atoms with E-state index < -0.39 is 27.2 Å². The standard InChI is InChI=1S/C24H27FN2O5S/c1-2-32-23(29)24(13-14-24)18-5-9-20(10-6-18)26-22(28)17-4-3-15-27(16-17)33(30,31)21-11-7-19(25)8-12-21/h5-12,17H,2-4,13-16H2,1H3,(H,26,28). The van der Waals surface area contributed by atoms with Crippen molar-refractivity contribution in [1.29, 1.82) is 0 Å². The van der Waals surface area contributed by atoms with Gasteiger partial charge in [0.25, 0.3) is 0 Å². The summed E-state index contributed by atoms with van der Waals surface area (Å²) in [5.74, 6) is -1.48. The number of piperidine rings is 1. The smallest absolute Gasteiger partial charge is 0.316 e. The normalized spacial score (nSPS) is 20.1. The maximum Gasteiger partial charge on any atom is 0.316 e. The second-order valence-corrected chi connectivity index (χ2v) is 10.5. The molecule has 1 heterocycles. The van der Waals surface area contributed by atoms with Gasteiger partial charge in [-0.15, -0.1) is 0 Å². The van der Waals surface area contributed by atoms with Crippen LogP contribution in [0.15, 0.2) is 53.4 Å². The van der Waals surface area contributed by atoms with Crippen molar-refractivity contribution in [2.45, 2.75) is 42.9 Å². The topological polar surface area (TPSA) is 92.8 Å². The van der Waals surface area contributed by atoms with Gasteiger partial charge >= 0.3 is 5.97 Å². The molecule has 0 spiro atoms. The van der Waals surface area contributed by atoms with Gasteiger partial charge in [0.2, 0.25) is 15.9 Å². The van der Waals surface area contributed by atoms with E-state index in [4.69, 9.17) is 4.74 Å². The number of rotatable bonds is 7. The minimum Gasteiger partial charge on any atom is -0.465 e. The molecule has 1 aliphatic heterocycles. The third-order valence-corrected chi connectivity index (χ3v) is 8.21. The third-order valence-electron chi connectivity index (χ3n) is 6.33. The van der Waals surface area contributed by atoms with E-state index in [1.54, 1.807) is 19.1 Å². The number of hydrogen-bond donors (Lipinski definition) is 1. The number of ether oxygens (including phenoxy) is 1. The first kappa shape index (κ1) is 23.4. The molecular weight excluding hydrogens is 447 g/mol. The zero-order valence-electron chi connectivity index (χ0n) is 18.4. The van der Waals surface area contributed by atoms with Gasteiger partial charge in [-0.05, 0) is 74.6 Å². The molecule has 1 unspecified atom stereocenters. The molecule has 1 saturated heterocycles. The zero-order chi connectivity index (χ0) is 23.6. The van der Waals surface area contributed by atoms with Crippen LogP contribution < -0.4 is 5.32 Å². The Morgan fingerprint density at radius 1 is 1.12 bits per heavy atom. The highest BCUT2D eigenvalue weighted by atomic mass is 32.2. The monoisotopic (exact) mass is 474 g/mol. The van der Waals surface area contributed by atoms with E-state index in [1.807, 2.05) is 12.1 Å². The van der Waals surface area contributed by atoms with E-state index >= 15 is 0 Å². The van der Waals surface area contributed by atoms with E-state index in [1.165, 1.54) is 16.4 Å². The molecule has 0 aromatic heterocycles. The number of carbonyl (C=O) groups is 2. The Morgan fingerprint density at radius 3 is 2.39 bits per heavy atom. The molecule has 2 aromatic carbocycles. The number of anilines is 1. The fourth-order valence-electron chi connectivity index (χ4n) is 4.25. The summed E-state index contributed by atoms with van der Waals surface area (Å²) in [6.07, 6.45) is 2.63. The van der Waals surface area contributed by atoms with E-state index in [0.717, 1.165) is 30.5 Å². The lowest BCUT2D eigenvalue weighted by Crippen LogP contribution is -2.43. The lowest BCUT2D eigenvalue weighted by molar-refractivity contribution is -0.146. The van der Waals surface area contributed by atoms with Gasteiger partial charge in [-0.3, -0.25) is 9.59 Å². The molecule has 176 valence electrons. The zero-order valence-corrected chi connectivity index (χ0v) is 19.2. The van der Waals surface area contributed by atoms with Crippen LogP contribution in [0.2, 0.25) is 0 Å². The van der Waals surface area contributed by atoms with E-state index in [-0.39, 0.29) is 23.3 Å². The largest absolute Gasteiger partial charge is 0.465 e. The first-order valence-electron chi connectivity index (χ1n) is 11.1. The molecule has 2 aliphatic rings. The molecule has 7 nitrogen and oxygen atoms in total. The maximum absolute atomic E-state index is 13.2. The predicted octanol–water partition coefficient (Wildman–Crippen LogP) is 3.46. The third kappa shape index (κ3) is 4.79. The maximum atomic E-state index is 13.2. The molecule has 0 bridgehead atoms. The Kier molecular flexibility index (Phi) is 6.54. The van der Waals surface area contributed by atoms with Crippen LogP contribution in [0.1, 0.15) is 38.2 Å². The lowest BCUT2D eigenvalue weighted by Gasteiger charge is -2.31. The van der Waals surface area contributed by atoms with Gasteiger partial charge in [-0.1, -0.05) is 12.1 Å². The van der Waals surface area contributed by atoms with Crippen LogP contribution in [0.4, 0.5) is 10.1 Å². The highest BCUT2D eigenvalue weighted by molar-refractivity contribution is 7.89. The number of halogens is 1. The molecule has 1 atom stereocenters. The summed E-state index contributed by atoms with van der Waals surface area (Å²) in [5, 5.41) is 2.86. The van der Waals surface area contributed by atoms with Crippen molar-refractivity contribution in [3.05, 3.63) is 59.9 Å². The van der Waals surface area contributed by atoms with Crippen molar-refractivity contribution in [3.63, 3.8) is 0 Å². The molecule has 1 amide bonds. The van der Waals surface area contributed by atoms with Crippen molar-refractivity contribution in [1.82, 2.24) is 4.31 Å². The van der Waals surface area contributed by atoms with Crippen LogP contribution >= 0.6 is 0 Å². The van der Waals surface area contributed by atoms with Crippen molar-refractivity contribution in [3.8, 4) is 0 Å². The molecule has 2 aromatic rings. The van der Waals surface area contributed by atoms with E-state index in [2.05, 4.69) is 5.32 Å². The van der Waals surface area contributed by atoms with Crippen LogP contribution in [0.25, 0.3) is 0 Å². The van der Waals surface area contributed by atoms with Crippen molar-refractivity contribution in [2.75, 3.05) is 25.0 Å². The summed E-state index contributed by atoms with van der Waals surface area (Å²) in [6.45, 7) is 2.50. The lowest BCUT2D eigenvalue weighted by atomic mass is 9.95. The molecule has 4 rings (SSSR count). The molecule has 0 radical (unpaired) electrons. The molecular formula is C24H27FN2O5S. The molecule has 1 aliphatic carbocycles. The van der Waals surface area contributed by atoms with Crippen molar-refractivity contribution >= 4 is 27.6 Å². The summed E-state index contributed by atoms with van der Waals surface area (Å²) in [6, 6.07) is 11.8. The number of sulfonamides is 1. The van der Waals surface area contributed by atoms with Gasteiger partial charge in [0.15, 0.2) is 0 Å². The summed E-state index contributed by atoms with van der Waals surface area (Å²) < 4.78 is 45.4. The SMILES string of the molecule is CCOC(=O)C1(c2ccc(NC(=O)C3CCCN(S(=O)(=O)c4ccc(F)cc4)C3)cc2)CC1. The Bertz CT molecular complexity index is 1130. The fourth-order valence-corrected chi connectivity index (χ4v) is 5.78. The van der Waals surface area contributed by atoms with Crippen LogP contribution in [-0.4, -0.2) is 44.3 Å². The van der Waals surface area contributed by atoms with Gasteiger partial charge in [0.1, 0.15) is 5.82 Å². The van der Waals surface area contributed by atoms with Gasteiger partial charge in [-0.25, -0.2) is 12.8 Å². The Morgan fingerprint density at radius 2 is 1.79 bits per heavy atom. The number of carbonyl (C=O) groups excluding carboxylic acids is 2. The van der Waals surface area contributed by atoms with Gasteiger partial charge < -0.3 is 10.1 Å². The fraction of sp³-hybridized carbons (Fsp3) is 0.417. The summed E-state index contributed by atoms with van der Waals surface area (Å²) in [7, 11) is -3.80. The highest BCUT2D eigenvalue weighted by Crippen LogP contribution is 2.49. The number of amides is 1. The van der Waals surface area contributed by atoms with Crippen molar-refractivity contribution in [2.24, 2.45) is 5.92 Å². The Hall–Kier alpha value is -2.78. The number of nitrogens with zero attached hydrogens (tertiary/aromatic N) is 1. The first-order chi connectivity index (χ1) is 15.8. The molecule has 9 heteroatoms. The van der Waals surface area contributed by atoms with Crippen LogP contribution in [0.3, 0.4) is 0 Å². The number of nitrogens with one attached hydrogen (secondary N) is 1. The Balaban J connectivity index is 1.40. The van der Waals surface area contributed by atoms with Crippen LogP contribution in [0.5, 0.6) is 0 Å². The van der Waals surface area contributed by atoms with Gasteiger partial charge in [0, 0.05) is 18.8 Å². The predicted molar refractivity (Wildman–Crippen MR) is 120 cm³/mol. The van der Waals surface area contributed by atoms with E-state index in [0.29, 0.717) is 31.7 Å². The molecule has 2 fully saturated rings. The second kappa shape index (κ2) is 9.23. The average Bonchev–Trinajstić information content (AvgIpc) is 3.62. The number of esters is 1. The minimum absolute atomic E-state index is 0.0103. The van der Waals surface area contributed by atoms with Gasteiger partial charge in [0.05, 0.1) is 22.8 Å². The first-order valence-corrected chi connectivity index (χ1v) is 12.5. The number of benzene rings is 2. The summed E-state index contributed by atoms with van der Waals surface area (Å²) in [5.41, 5.74) is 0.882. The molecule has 1 N–H and O–H groups in total. The average molecular weight is 475 g/mol. The molecule has 1 saturated carbocycles. The summed E-state index contributed by atoms with van der Waals surface area (Å²) >= 11 is 0. The van der Waals surface area contributed by atoms with E-state index in [9.17, 15) is 22.4 Å².